The Morgan fingerprint density at radius 2 is 2.03 bits per heavy atom. The molecule has 0 bridgehead atoms. The first-order valence-electron chi connectivity index (χ1n) is 11.3. The van der Waals surface area contributed by atoms with Crippen molar-refractivity contribution in [2.75, 3.05) is 13.1 Å². The summed E-state index contributed by atoms with van der Waals surface area (Å²) in [4.78, 5) is 17.2. The van der Waals surface area contributed by atoms with Crippen molar-refractivity contribution in [3.8, 4) is 22.8 Å². The number of hydrogen-bond donors (Lipinski definition) is 2. The zero-order valence-electron chi connectivity index (χ0n) is 18.8. The SMILES string of the molecule is CCc1cc(-c2cc(Oc3ccc4cnn(C)c4c3)ccn2)ccc1C(=O)NC[C@H]1CCN1. The van der Waals surface area contributed by atoms with E-state index in [0.29, 0.717) is 18.3 Å². The van der Waals surface area contributed by atoms with E-state index < -0.39 is 0 Å². The van der Waals surface area contributed by atoms with Crippen molar-refractivity contribution in [1.82, 2.24) is 25.4 Å². The Morgan fingerprint density at radius 3 is 2.82 bits per heavy atom. The summed E-state index contributed by atoms with van der Waals surface area (Å²) >= 11 is 0. The second kappa shape index (κ2) is 9.03. The van der Waals surface area contributed by atoms with Crippen molar-refractivity contribution in [3.63, 3.8) is 0 Å². The van der Waals surface area contributed by atoms with Crippen molar-refractivity contribution in [2.24, 2.45) is 7.05 Å². The number of ether oxygens (including phenoxy) is 1. The molecular formula is C26H27N5O2. The summed E-state index contributed by atoms with van der Waals surface area (Å²) in [5, 5.41) is 11.7. The van der Waals surface area contributed by atoms with Gasteiger partial charge in [-0.3, -0.25) is 14.5 Å². The molecule has 2 aromatic heterocycles. The minimum absolute atomic E-state index is 0.0253. The lowest BCUT2D eigenvalue weighted by atomic mass is 9.99. The molecule has 7 heteroatoms. The fraction of sp³-hybridized carbons (Fsp3) is 0.269. The highest BCUT2D eigenvalue weighted by molar-refractivity contribution is 5.96. The second-order valence-corrected chi connectivity index (χ2v) is 8.34. The average Bonchev–Trinajstić information content (AvgIpc) is 3.18. The summed E-state index contributed by atoms with van der Waals surface area (Å²) in [5.74, 6) is 1.42. The van der Waals surface area contributed by atoms with Crippen LogP contribution in [0.2, 0.25) is 0 Å². The van der Waals surface area contributed by atoms with Crippen LogP contribution in [0.3, 0.4) is 0 Å². The van der Waals surface area contributed by atoms with Crippen molar-refractivity contribution < 1.29 is 9.53 Å². The van der Waals surface area contributed by atoms with E-state index in [9.17, 15) is 4.79 Å². The van der Waals surface area contributed by atoms with E-state index >= 15 is 0 Å². The smallest absolute Gasteiger partial charge is 0.251 e. The first-order valence-corrected chi connectivity index (χ1v) is 11.3. The number of aryl methyl sites for hydroxylation is 2. The summed E-state index contributed by atoms with van der Waals surface area (Å²) in [5.41, 5.74) is 4.49. The van der Waals surface area contributed by atoms with Crippen LogP contribution in [0.5, 0.6) is 11.5 Å². The third-order valence-electron chi connectivity index (χ3n) is 6.15. The number of aromatic nitrogens is 3. The highest BCUT2D eigenvalue weighted by Crippen LogP contribution is 2.29. The lowest BCUT2D eigenvalue weighted by molar-refractivity contribution is 0.0944. The third kappa shape index (κ3) is 4.45. The molecule has 0 aliphatic carbocycles. The second-order valence-electron chi connectivity index (χ2n) is 8.34. The van der Waals surface area contributed by atoms with E-state index in [1.165, 1.54) is 0 Å². The van der Waals surface area contributed by atoms with E-state index in [0.717, 1.165) is 58.4 Å². The molecule has 33 heavy (non-hydrogen) atoms. The maximum Gasteiger partial charge on any atom is 0.251 e. The number of nitrogens with one attached hydrogen (secondary N) is 2. The first kappa shape index (κ1) is 21.2. The number of hydrogen-bond acceptors (Lipinski definition) is 5. The van der Waals surface area contributed by atoms with Gasteiger partial charge in [0.15, 0.2) is 0 Å². The molecule has 0 unspecified atom stereocenters. The molecule has 0 saturated carbocycles. The van der Waals surface area contributed by atoms with E-state index in [1.54, 1.807) is 6.20 Å². The number of rotatable bonds is 7. The molecule has 1 atom stereocenters. The summed E-state index contributed by atoms with van der Waals surface area (Å²) in [6.07, 6.45) is 5.45. The third-order valence-corrected chi connectivity index (χ3v) is 6.15. The maximum atomic E-state index is 12.7. The van der Waals surface area contributed by atoms with Gasteiger partial charge in [-0.15, -0.1) is 0 Å². The zero-order valence-corrected chi connectivity index (χ0v) is 18.8. The standard InChI is InChI=1S/C26H27N5O2/c1-3-17-12-18(5-7-23(17)26(32)29-16-20-8-10-27-20)24-13-22(9-11-28-24)33-21-6-4-19-15-30-31(2)25(19)14-21/h4-7,9,11-15,20,27H,3,8,10,16H2,1-2H3,(H,29,32)/t20-/m1/s1. The molecule has 2 aromatic carbocycles. The largest absolute Gasteiger partial charge is 0.457 e. The Kier molecular flexibility index (Phi) is 5.79. The van der Waals surface area contributed by atoms with Crippen LogP contribution in [0.15, 0.2) is 60.9 Å². The van der Waals surface area contributed by atoms with E-state index in [2.05, 4.69) is 27.6 Å². The number of carbonyl (C=O) groups excluding carboxylic acids is 1. The van der Waals surface area contributed by atoms with Crippen LogP contribution < -0.4 is 15.4 Å². The molecule has 1 fully saturated rings. The summed E-state index contributed by atoms with van der Waals surface area (Å²) in [6, 6.07) is 16.0. The number of pyridine rings is 1. The molecule has 2 N–H and O–H groups in total. The predicted octanol–water partition coefficient (Wildman–Crippen LogP) is 4.08. The average molecular weight is 442 g/mol. The van der Waals surface area contributed by atoms with Crippen LogP contribution in [0, 0.1) is 0 Å². The van der Waals surface area contributed by atoms with Gasteiger partial charge in [-0.25, -0.2) is 0 Å². The van der Waals surface area contributed by atoms with Gasteiger partial charge < -0.3 is 15.4 Å². The van der Waals surface area contributed by atoms with Crippen molar-refractivity contribution >= 4 is 16.8 Å². The number of nitrogens with zero attached hydrogens (tertiary/aromatic N) is 3. The van der Waals surface area contributed by atoms with Crippen molar-refractivity contribution in [1.29, 1.82) is 0 Å². The molecule has 1 aliphatic heterocycles. The van der Waals surface area contributed by atoms with Crippen LogP contribution in [-0.2, 0) is 13.5 Å². The Bertz CT molecular complexity index is 1310. The predicted molar refractivity (Wildman–Crippen MR) is 129 cm³/mol. The van der Waals surface area contributed by atoms with Gasteiger partial charge in [0.05, 0.1) is 17.4 Å². The van der Waals surface area contributed by atoms with Gasteiger partial charge in [-0.2, -0.15) is 5.10 Å². The monoisotopic (exact) mass is 441 g/mol. The van der Waals surface area contributed by atoms with Crippen LogP contribution in [0.1, 0.15) is 29.3 Å². The fourth-order valence-electron chi connectivity index (χ4n) is 4.06. The highest BCUT2D eigenvalue weighted by Gasteiger charge is 2.18. The minimum Gasteiger partial charge on any atom is -0.457 e. The zero-order chi connectivity index (χ0) is 22.8. The molecule has 0 spiro atoms. The minimum atomic E-state index is -0.0253. The van der Waals surface area contributed by atoms with Gasteiger partial charge in [0, 0.05) is 54.5 Å². The molecule has 1 saturated heterocycles. The van der Waals surface area contributed by atoms with Crippen molar-refractivity contribution in [2.45, 2.75) is 25.8 Å². The molecule has 1 aliphatic rings. The van der Waals surface area contributed by atoms with Gasteiger partial charge >= 0.3 is 0 Å². The summed E-state index contributed by atoms with van der Waals surface area (Å²) in [7, 11) is 1.91. The Morgan fingerprint density at radius 1 is 1.18 bits per heavy atom. The van der Waals surface area contributed by atoms with E-state index in [1.807, 2.05) is 66.5 Å². The van der Waals surface area contributed by atoms with E-state index in [-0.39, 0.29) is 5.91 Å². The number of benzene rings is 2. The van der Waals surface area contributed by atoms with Crippen LogP contribution in [0.4, 0.5) is 0 Å². The quantitative estimate of drug-likeness (QED) is 0.452. The Balaban J connectivity index is 1.35. The summed E-state index contributed by atoms with van der Waals surface area (Å²) < 4.78 is 7.94. The fourth-order valence-corrected chi connectivity index (χ4v) is 4.06. The molecule has 1 amide bonds. The van der Waals surface area contributed by atoms with E-state index in [4.69, 9.17) is 4.74 Å². The lowest BCUT2D eigenvalue weighted by Crippen LogP contribution is -2.50. The first-order chi connectivity index (χ1) is 16.1. The topological polar surface area (TPSA) is 81.1 Å². The van der Waals surface area contributed by atoms with Crippen molar-refractivity contribution in [3.05, 3.63) is 72.1 Å². The molecule has 0 radical (unpaired) electrons. The Labute approximate surface area is 192 Å². The summed E-state index contributed by atoms with van der Waals surface area (Å²) in [6.45, 7) is 3.75. The van der Waals surface area contributed by atoms with Gasteiger partial charge in [0.2, 0.25) is 0 Å². The van der Waals surface area contributed by atoms with Crippen LogP contribution in [0.25, 0.3) is 22.2 Å². The Hall–Kier alpha value is -3.71. The van der Waals surface area contributed by atoms with Gasteiger partial charge in [0.1, 0.15) is 11.5 Å². The number of amides is 1. The number of carbonyl (C=O) groups is 1. The molecule has 3 heterocycles. The van der Waals surface area contributed by atoms with Gasteiger partial charge in [-0.05, 0) is 55.3 Å². The van der Waals surface area contributed by atoms with Gasteiger partial charge in [-0.1, -0.05) is 13.0 Å². The maximum absolute atomic E-state index is 12.7. The molecule has 4 aromatic rings. The molecule has 168 valence electrons. The van der Waals surface area contributed by atoms with Crippen LogP contribution >= 0.6 is 0 Å². The lowest BCUT2D eigenvalue weighted by Gasteiger charge is -2.27. The van der Waals surface area contributed by atoms with Crippen LogP contribution in [-0.4, -0.2) is 39.8 Å². The molecular weight excluding hydrogens is 414 g/mol. The molecule has 5 rings (SSSR count). The molecule has 7 nitrogen and oxygen atoms in total. The number of fused-ring (bicyclic) bond motifs is 1. The normalized spacial score (nSPS) is 15.3. The van der Waals surface area contributed by atoms with Gasteiger partial charge in [0.25, 0.3) is 5.91 Å². The highest BCUT2D eigenvalue weighted by atomic mass is 16.5.